The zero-order chi connectivity index (χ0) is 26.8. The Kier molecular flexibility index (Phi) is 8.34. The van der Waals surface area contributed by atoms with E-state index in [1.165, 1.54) is 0 Å². The molecule has 2 amide bonds. The van der Waals surface area contributed by atoms with Gasteiger partial charge in [-0.05, 0) is 72.6 Å². The molecule has 1 N–H and O–H groups in total. The van der Waals surface area contributed by atoms with Gasteiger partial charge in [0.2, 0.25) is 0 Å². The van der Waals surface area contributed by atoms with Crippen molar-refractivity contribution in [2.24, 2.45) is 11.3 Å². The fourth-order valence-corrected chi connectivity index (χ4v) is 3.96. The van der Waals surface area contributed by atoms with E-state index in [0.29, 0.717) is 19.3 Å². The first kappa shape index (κ1) is 28.7. The number of imidazole rings is 1. The number of ether oxygens (including phenoxy) is 2. The van der Waals surface area contributed by atoms with Gasteiger partial charge in [0.1, 0.15) is 11.2 Å². The summed E-state index contributed by atoms with van der Waals surface area (Å²) in [4.78, 5) is 42.9. The largest absolute Gasteiger partial charge is 0.481 e. The number of aliphatic carboxylic acids is 1. The van der Waals surface area contributed by atoms with E-state index in [1.54, 1.807) is 47.9 Å². The SMILES string of the molecule is CC(C)(C)CCn1cnc([C@]2(CCCN(C(=O)OC(C)(C)C)C(=O)OC(C)(C)C)C[C@@H]2C(=O)O)c1. The van der Waals surface area contributed by atoms with E-state index in [-0.39, 0.29) is 12.0 Å². The lowest BCUT2D eigenvalue weighted by molar-refractivity contribution is -0.139. The molecule has 1 fully saturated rings. The van der Waals surface area contributed by atoms with E-state index < -0.39 is 40.7 Å². The van der Waals surface area contributed by atoms with Crippen molar-refractivity contribution < 1.29 is 29.0 Å². The van der Waals surface area contributed by atoms with Gasteiger partial charge in [-0.1, -0.05) is 20.8 Å². The van der Waals surface area contributed by atoms with Crippen LogP contribution in [0.25, 0.3) is 0 Å². The fraction of sp³-hybridized carbons (Fsp3) is 0.769. The van der Waals surface area contributed by atoms with Crippen LogP contribution in [0.2, 0.25) is 0 Å². The molecule has 1 aromatic rings. The summed E-state index contributed by atoms with van der Waals surface area (Å²) in [5, 5.41) is 9.71. The molecule has 0 bridgehead atoms. The van der Waals surface area contributed by atoms with E-state index in [1.807, 2.05) is 10.8 Å². The van der Waals surface area contributed by atoms with Crippen molar-refractivity contribution in [1.82, 2.24) is 14.5 Å². The zero-order valence-electron chi connectivity index (χ0n) is 22.8. The number of hydrogen-bond donors (Lipinski definition) is 1. The van der Waals surface area contributed by atoms with Crippen molar-refractivity contribution in [1.29, 1.82) is 0 Å². The summed E-state index contributed by atoms with van der Waals surface area (Å²) in [5.41, 5.74) is -1.23. The Labute approximate surface area is 209 Å². The van der Waals surface area contributed by atoms with Gasteiger partial charge in [-0.2, -0.15) is 0 Å². The van der Waals surface area contributed by atoms with Crippen LogP contribution in [0.5, 0.6) is 0 Å². The third-order valence-electron chi connectivity index (χ3n) is 5.87. The lowest BCUT2D eigenvalue weighted by atomic mass is 9.92. The monoisotopic (exact) mass is 493 g/mol. The van der Waals surface area contributed by atoms with Gasteiger partial charge in [0.05, 0.1) is 17.9 Å². The average molecular weight is 494 g/mol. The topological polar surface area (TPSA) is 111 Å². The van der Waals surface area contributed by atoms with Crippen molar-refractivity contribution in [3.05, 3.63) is 18.2 Å². The first-order valence-corrected chi connectivity index (χ1v) is 12.3. The van der Waals surface area contributed by atoms with Crippen molar-refractivity contribution in [3.8, 4) is 0 Å². The Bertz CT molecular complexity index is 891. The summed E-state index contributed by atoms with van der Waals surface area (Å²) in [7, 11) is 0. The van der Waals surface area contributed by atoms with Crippen LogP contribution in [0.3, 0.4) is 0 Å². The van der Waals surface area contributed by atoms with Gasteiger partial charge >= 0.3 is 18.2 Å². The summed E-state index contributed by atoms with van der Waals surface area (Å²) in [6, 6.07) is 0. The quantitative estimate of drug-likeness (QED) is 0.501. The number of aryl methyl sites for hydroxylation is 1. The standard InChI is InChI=1S/C26H43N3O6/c1-23(2,3)12-14-28-16-19(27-17-28)26(15-18(26)20(30)31)11-10-13-29(21(32)34-24(4,5)6)22(33)35-25(7,8)9/h16-18H,10-15H2,1-9H3,(H,30,31)/t18-,26-/m1/s1. The highest BCUT2D eigenvalue weighted by Gasteiger charge is 2.60. The van der Waals surface area contributed by atoms with Gasteiger partial charge in [-0.15, -0.1) is 0 Å². The summed E-state index contributed by atoms with van der Waals surface area (Å²) in [5.74, 6) is -1.39. The minimum atomic E-state index is -0.856. The predicted molar refractivity (Wildman–Crippen MR) is 132 cm³/mol. The maximum Gasteiger partial charge on any atom is 0.419 e. The predicted octanol–water partition coefficient (Wildman–Crippen LogP) is 5.61. The maximum absolute atomic E-state index is 12.7. The molecule has 1 aliphatic rings. The van der Waals surface area contributed by atoms with Crippen molar-refractivity contribution in [2.45, 2.75) is 111 Å². The molecule has 2 rings (SSSR count). The van der Waals surface area contributed by atoms with Crippen molar-refractivity contribution >= 4 is 18.2 Å². The van der Waals surface area contributed by atoms with Crippen LogP contribution in [0, 0.1) is 11.3 Å². The molecule has 35 heavy (non-hydrogen) atoms. The number of aromatic nitrogens is 2. The first-order valence-electron chi connectivity index (χ1n) is 12.3. The van der Waals surface area contributed by atoms with Crippen LogP contribution in [-0.4, -0.2) is 55.5 Å². The van der Waals surface area contributed by atoms with Crippen LogP contribution in [0.15, 0.2) is 12.5 Å². The van der Waals surface area contributed by atoms with Crippen molar-refractivity contribution in [2.75, 3.05) is 6.54 Å². The molecule has 1 saturated carbocycles. The zero-order valence-corrected chi connectivity index (χ0v) is 22.8. The molecule has 0 aromatic carbocycles. The second-order valence-corrected chi connectivity index (χ2v) is 12.8. The lowest BCUT2D eigenvalue weighted by Gasteiger charge is -2.29. The molecule has 0 unspecified atom stereocenters. The summed E-state index contributed by atoms with van der Waals surface area (Å²) < 4.78 is 12.8. The van der Waals surface area contributed by atoms with E-state index in [4.69, 9.17) is 9.47 Å². The van der Waals surface area contributed by atoms with Crippen LogP contribution >= 0.6 is 0 Å². The van der Waals surface area contributed by atoms with Crippen LogP contribution in [-0.2, 0) is 26.2 Å². The number of nitrogens with zero attached hydrogens (tertiary/aromatic N) is 3. The molecule has 0 radical (unpaired) electrons. The molecule has 198 valence electrons. The summed E-state index contributed by atoms with van der Waals surface area (Å²) in [6.45, 7) is 17.7. The maximum atomic E-state index is 12.7. The number of carboxylic acids is 1. The highest BCUT2D eigenvalue weighted by atomic mass is 16.6. The minimum absolute atomic E-state index is 0.0582. The second kappa shape index (κ2) is 10.2. The number of rotatable bonds is 8. The molecule has 0 saturated heterocycles. The van der Waals surface area contributed by atoms with Crippen LogP contribution in [0.4, 0.5) is 9.59 Å². The molecule has 1 aromatic heterocycles. The Morgan fingerprint density at radius 3 is 2.03 bits per heavy atom. The number of carboxylic acid groups (broad SMARTS) is 1. The fourth-order valence-electron chi connectivity index (χ4n) is 3.96. The third-order valence-corrected chi connectivity index (χ3v) is 5.87. The second-order valence-electron chi connectivity index (χ2n) is 12.8. The summed E-state index contributed by atoms with van der Waals surface area (Å²) >= 11 is 0. The number of carbonyl (C=O) groups excluding carboxylic acids is 2. The molecule has 1 heterocycles. The van der Waals surface area contributed by atoms with Gasteiger partial charge < -0.3 is 19.1 Å². The molecule has 1 aliphatic carbocycles. The van der Waals surface area contributed by atoms with Gasteiger partial charge in [0.25, 0.3) is 0 Å². The van der Waals surface area contributed by atoms with E-state index >= 15 is 0 Å². The van der Waals surface area contributed by atoms with Crippen LogP contribution in [0.1, 0.15) is 93.7 Å². The minimum Gasteiger partial charge on any atom is -0.481 e. The highest BCUT2D eigenvalue weighted by Crippen LogP contribution is 2.57. The van der Waals surface area contributed by atoms with E-state index in [9.17, 15) is 19.5 Å². The van der Waals surface area contributed by atoms with Gasteiger partial charge in [-0.25, -0.2) is 19.5 Å². The Hall–Kier alpha value is -2.58. The average Bonchev–Trinajstić information content (AvgIpc) is 3.19. The van der Waals surface area contributed by atoms with Gasteiger partial charge in [-0.3, -0.25) is 4.79 Å². The molecule has 9 heteroatoms. The third kappa shape index (κ3) is 8.54. The highest BCUT2D eigenvalue weighted by molar-refractivity contribution is 5.88. The van der Waals surface area contributed by atoms with E-state index in [0.717, 1.165) is 23.6 Å². The number of carbonyl (C=O) groups is 3. The first-order chi connectivity index (χ1) is 15.8. The van der Waals surface area contributed by atoms with Crippen LogP contribution < -0.4 is 0 Å². The normalized spacial score (nSPS) is 20.3. The van der Waals surface area contributed by atoms with Crippen molar-refractivity contribution in [3.63, 3.8) is 0 Å². The Morgan fingerprint density at radius 2 is 1.60 bits per heavy atom. The Morgan fingerprint density at radius 1 is 1.06 bits per heavy atom. The summed E-state index contributed by atoms with van der Waals surface area (Å²) in [6.07, 6.45) is 4.47. The molecule has 9 nitrogen and oxygen atoms in total. The molecular formula is C26H43N3O6. The molecular weight excluding hydrogens is 450 g/mol. The van der Waals surface area contributed by atoms with E-state index in [2.05, 4.69) is 25.8 Å². The number of amides is 2. The molecule has 0 aliphatic heterocycles. The van der Waals surface area contributed by atoms with Gasteiger partial charge in [0.15, 0.2) is 0 Å². The Balaban J connectivity index is 2.15. The van der Waals surface area contributed by atoms with Gasteiger partial charge in [0, 0.05) is 24.7 Å². The lowest BCUT2D eigenvalue weighted by Crippen LogP contribution is -2.44. The molecule has 2 atom stereocenters. The number of imide groups is 1. The molecule has 0 spiro atoms. The number of hydrogen-bond acceptors (Lipinski definition) is 6. The smallest absolute Gasteiger partial charge is 0.419 e.